The lowest BCUT2D eigenvalue weighted by molar-refractivity contribution is 0.444. The minimum Gasteiger partial charge on any atom is -0.244 e. The van der Waals surface area contributed by atoms with Gasteiger partial charge in [-0.1, -0.05) is 6.92 Å². The molecule has 1 fully saturated rings. The van der Waals surface area contributed by atoms with Crippen LogP contribution in [0, 0.1) is 23.2 Å². The molecule has 0 N–H and O–H groups in total. The van der Waals surface area contributed by atoms with Crippen molar-refractivity contribution in [1.82, 2.24) is 9.29 Å². The molecule has 1 heterocycles. The second-order valence-corrected chi connectivity index (χ2v) is 6.73. The molecule has 0 amide bonds. The lowest BCUT2D eigenvalue weighted by Gasteiger charge is -2.17. The number of rotatable bonds is 4. The SMILES string of the molecule is CC1CC1CN(C)S(=O)(=O)c1cccnc1C#N. The fourth-order valence-electron chi connectivity index (χ4n) is 1.93. The second-order valence-electron chi connectivity index (χ2n) is 4.72. The summed E-state index contributed by atoms with van der Waals surface area (Å²) in [5.41, 5.74) is -0.0480. The Bertz CT molecular complexity index is 592. The highest BCUT2D eigenvalue weighted by molar-refractivity contribution is 7.89. The third-order valence-electron chi connectivity index (χ3n) is 3.33. The summed E-state index contributed by atoms with van der Waals surface area (Å²) in [7, 11) is -2.06. The topological polar surface area (TPSA) is 74.1 Å². The zero-order valence-corrected chi connectivity index (χ0v) is 11.2. The maximum absolute atomic E-state index is 12.3. The monoisotopic (exact) mass is 265 g/mol. The molecule has 1 aliphatic rings. The van der Waals surface area contributed by atoms with Gasteiger partial charge in [0.2, 0.25) is 10.0 Å². The van der Waals surface area contributed by atoms with Gasteiger partial charge in [0.25, 0.3) is 0 Å². The van der Waals surface area contributed by atoms with Crippen LogP contribution in [0.25, 0.3) is 0 Å². The molecule has 6 heteroatoms. The Morgan fingerprint density at radius 3 is 2.83 bits per heavy atom. The van der Waals surface area contributed by atoms with Crippen LogP contribution >= 0.6 is 0 Å². The minimum atomic E-state index is -3.61. The summed E-state index contributed by atoms with van der Waals surface area (Å²) in [5, 5.41) is 8.90. The second kappa shape index (κ2) is 4.67. The first-order chi connectivity index (χ1) is 8.46. The maximum atomic E-state index is 12.3. The van der Waals surface area contributed by atoms with Crippen molar-refractivity contribution < 1.29 is 8.42 Å². The highest BCUT2D eigenvalue weighted by Crippen LogP contribution is 2.38. The summed E-state index contributed by atoms with van der Waals surface area (Å²) in [6, 6.07) is 4.77. The molecule has 1 aliphatic carbocycles. The van der Waals surface area contributed by atoms with Crippen LogP contribution in [0.15, 0.2) is 23.2 Å². The fourth-order valence-corrected chi connectivity index (χ4v) is 3.25. The first-order valence-corrected chi connectivity index (χ1v) is 7.22. The van der Waals surface area contributed by atoms with Gasteiger partial charge in [0.15, 0.2) is 5.69 Å². The van der Waals surface area contributed by atoms with Gasteiger partial charge in [-0.2, -0.15) is 5.26 Å². The zero-order chi connectivity index (χ0) is 13.3. The molecule has 1 aromatic rings. The molecule has 2 atom stereocenters. The Hall–Kier alpha value is -1.45. The van der Waals surface area contributed by atoms with E-state index >= 15 is 0 Å². The van der Waals surface area contributed by atoms with Crippen LogP contribution in [0.1, 0.15) is 19.0 Å². The first-order valence-electron chi connectivity index (χ1n) is 5.78. The molecule has 0 aliphatic heterocycles. The van der Waals surface area contributed by atoms with Gasteiger partial charge in [-0.3, -0.25) is 0 Å². The van der Waals surface area contributed by atoms with Crippen molar-refractivity contribution in [2.24, 2.45) is 11.8 Å². The van der Waals surface area contributed by atoms with Crippen molar-refractivity contribution in [1.29, 1.82) is 5.26 Å². The molecule has 2 rings (SSSR count). The van der Waals surface area contributed by atoms with Crippen molar-refractivity contribution in [2.75, 3.05) is 13.6 Å². The predicted molar refractivity (Wildman–Crippen MR) is 66.0 cm³/mol. The van der Waals surface area contributed by atoms with Crippen LogP contribution in [0.2, 0.25) is 0 Å². The zero-order valence-electron chi connectivity index (χ0n) is 10.4. The van der Waals surface area contributed by atoms with Gasteiger partial charge < -0.3 is 0 Å². The predicted octanol–water partition coefficient (Wildman–Crippen LogP) is 1.23. The third-order valence-corrected chi connectivity index (χ3v) is 5.19. The van der Waals surface area contributed by atoms with E-state index in [2.05, 4.69) is 11.9 Å². The van der Waals surface area contributed by atoms with Crippen molar-refractivity contribution in [3.8, 4) is 6.07 Å². The molecule has 1 saturated carbocycles. The maximum Gasteiger partial charge on any atom is 0.245 e. The highest BCUT2D eigenvalue weighted by Gasteiger charge is 2.36. The summed E-state index contributed by atoms with van der Waals surface area (Å²) in [5.74, 6) is 1.03. The molecule has 0 saturated heterocycles. The molecule has 0 spiro atoms. The van der Waals surface area contributed by atoms with E-state index in [0.29, 0.717) is 18.4 Å². The summed E-state index contributed by atoms with van der Waals surface area (Å²) < 4.78 is 26.0. The van der Waals surface area contributed by atoms with Crippen LogP contribution in [0.5, 0.6) is 0 Å². The third kappa shape index (κ3) is 2.37. The van der Waals surface area contributed by atoms with E-state index in [1.807, 2.05) is 6.07 Å². The molecular weight excluding hydrogens is 250 g/mol. The molecule has 1 aromatic heterocycles. The van der Waals surface area contributed by atoms with Crippen LogP contribution in [-0.4, -0.2) is 31.3 Å². The van der Waals surface area contributed by atoms with E-state index in [4.69, 9.17) is 5.26 Å². The number of hydrogen-bond acceptors (Lipinski definition) is 4. The van der Waals surface area contributed by atoms with Gasteiger partial charge in [0.05, 0.1) is 0 Å². The minimum absolute atomic E-state index is 0.0108. The molecular formula is C12H15N3O2S. The van der Waals surface area contributed by atoms with Crippen molar-refractivity contribution in [2.45, 2.75) is 18.2 Å². The van der Waals surface area contributed by atoms with E-state index in [1.54, 1.807) is 7.05 Å². The summed E-state index contributed by atoms with van der Waals surface area (Å²) in [6.45, 7) is 2.61. The molecule has 0 bridgehead atoms. The Morgan fingerprint density at radius 2 is 2.28 bits per heavy atom. The summed E-state index contributed by atoms with van der Waals surface area (Å²) >= 11 is 0. The lowest BCUT2D eigenvalue weighted by atomic mass is 10.3. The smallest absolute Gasteiger partial charge is 0.244 e. The van der Waals surface area contributed by atoms with E-state index in [0.717, 1.165) is 6.42 Å². The Labute approximate surface area is 107 Å². The number of hydrogen-bond donors (Lipinski definition) is 0. The molecule has 5 nitrogen and oxygen atoms in total. The van der Waals surface area contributed by atoms with Crippen molar-refractivity contribution in [3.05, 3.63) is 24.0 Å². The quantitative estimate of drug-likeness (QED) is 0.820. The largest absolute Gasteiger partial charge is 0.245 e. The van der Waals surface area contributed by atoms with Gasteiger partial charge in [0.1, 0.15) is 11.0 Å². The van der Waals surface area contributed by atoms with E-state index in [-0.39, 0.29) is 10.6 Å². The van der Waals surface area contributed by atoms with Crippen LogP contribution < -0.4 is 0 Å². The number of nitriles is 1. The van der Waals surface area contributed by atoms with Crippen molar-refractivity contribution in [3.63, 3.8) is 0 Å². The van der Waals surface area contributed by atoms with E-state index < -0.39 is 10.0 Å². The average Bonchev–Trinajstić information content (AvgIpc) is 3.04. The van der Waals surface area contributed by atoms with Gasteiger partial charge in [-0.05, 0) is 30.4 Å². The lowest BCUT2D eigenvalue weighted by Crippen LogP contribution is -2.30. The van der Waals surface area contributed by atoms with Gasteiger partial charge in [-0.15, -0.1) is 0 Å². The number of aromatic nitrogens is 1. The molecule has 0 radical (unpaired) electrons. The Morgan fingerprint density at radius 1 is 1.61 bits per heavy atom. The standard InChI is InChI=1S/C12H15N3O2S/c1-9-6-10(9)8-15(2)18(16,17)12-4-3-5-14-11(12)7-13/h3-5,9-10H,6,8H2,1-2H3. The normalized spacial score (nSPS) is 22.8. The van der Waals surface area contributed by atoms with Crippen LogP contribution in [0.3, 0.4) is 0 Å². The van der Waals surface area contributed by atoms with Gasteiger partial charge in [0, 0.05) is 19.8 Å². The van der Waals surface area contributed by atoms with Crippen molar-refractivity contribution >= 4 is 10.0 Å². The first kappa shape index (κ1) is 13.0. The van der Waals surface area contributed by atoms with Gasteiger partial charge in [-0.25, -0.2) is 17.7 Å². The molecule has 18 heavy (non-hydrogen) atoms. The number of pyridine rings is 1. The van der Waals surface area contributed by atoms with Crippen LogP contribution in [-0.2, 0) is 10.0 Å². The highest BCUT2D eigenvalue weighted by atomic mass is 32.2. The summed E-state index contributed by atoms with van der Waals surface area (Å²) in [6.07, 6.45) is 2.48. The Balaban J connectivity index is 2.27. The van der Waals surface area contributed by atoms with Crippen LogP contribution in [0.4, 0.5) is 0 Å². The Kier molecular flexibility index (Phi) is 3.37. The number of nitrogens with zero attached hydrogens (tertiary/aromatic N) is 3. The van der Waals surface area contributed by atoms with E-state index in [1.165, 1.54) is 22.6 Å². The number of sulfonamides is 1. The average molecular weight is 265 g/mol. The molecule has 2 unspecified atom stereocenters. The summed E-state index contributed by atoms with van der Waals surface area (Å²) in [4.78, 5) is 3.78. The molecule has 96 valence electrons. The van der Waals surface area contributed by atoms with Gasteiger partial charge >= 0.3 is 0 Å². The van der Waals surface area contributed by atoms with E-state index in [9.17, 15) is 8.42 Å². The fraction of sp³-hybridized carbons (Fsp3) is 0.500. The molecule has 0 aromatic carbocycles.